The van der Waals surface area contributed by atoms with Gasteiger partial charge in [0.25, 0.3) is 0 Å². The van der Waals surface area contributed by atoms with E-state index in [-0.39, 0.29) is 6.03 Å². The van der Waals surface area contributed by atoms with Crippen molar-refractivity contribution in [3.63, 3.8) is 0 Å². The molecule has 2 heterocycles. The van der Waals surface area contributed by atoms with Crippen LogP contribution in [0.5, 0.6) is 0 Å². The molecule has 0 aliphatic carbocycles. The van der Waals surface area contributed by atoms with E-state index >= 15 is 0 Å². The van der Waals surface area contributed by atoms with Crippen molar-refractivity contribution in [2.75, 3.05) is 31.5 Å². The number of urea groups is 1. The summed E-state index contributed by atoms with van der Waals surface area (Å²) in [6, 6.07) is 8.47. The summed E-state index contributed by atoms with van der Waals surface area (Å²) < 4.78 is 1.78. The summed E-state index contributed by atoms with van der Waals surface area (Å²) >= 11 is 0. The molecule has 2 amide bonds. The van der Waals surface area contributed by atoms with Gasteiger partial charge < -0.3 is 15.5 Å². The molecule has 1 atom stereocenters. The van der Waals surface area contributed by atoms with Crippen molar-refractivity contribution < 1.29 is 4.79 Å². The Kier molecular flexibility index (Phi) is 5.71. The monoisotopic (exact) mass is 341 g/mol. The number of likely N-dealkylation sites (tertiary alicyclic amines) is 1. The van der Waals surface area contributed by atoms with Crippen LogP contribution < -0.4 is 10.6 Å². The Labute approximate surface area is 149 Å². The van der Waals surface area contributed by atoms with Crippen LogP contribution in [-0.4, -0.2) is 46.9 Å². The molecule has 1 aliphatic rings. The van der Waals surface area contributed by atoms with Gasteiger partial charge in [-0.1, -0.05) is 24.3 Å². The lowest BCUT2D eigenvalue weighted by molar-refractivity contribution is 0.249. The number of carbonyl (C=O) groups is 1. The minimum absolute atomic E-state index is 0.176. The zero-order chi connectivity index (χ0) is 17.6. The first kappa shape index (κ1) is 17.5. The number of aromatic nitrogens is 2. The fourth-order valence-electron chi connectivity index (χ4n) is 3.44. The normalized spacial score (nSPS) is 17.6. The average Bonchev–Trinajstić information content (AvgIpc) is 3.25. The molecule has 25 heavy (non-hydrogen) atoms. The van der Waals surface area contributed by atoms with E-state index in [0.29, 0.717) is 12.5 Å². The highest BCUT2D eigenvalue weighted by Crippen LogP contribution is 2.28. The first-order valence-corrected chi connectivity index (χ1v) is 9.01. The Balaban J connectivity index is 1.39. The van der Waals surface area contributed by atoms with Crippen molar-refractivity contribution in [3.8, 4) is 0 Å². The Bertz CT molecular complexity index is 711. The minimum atomic E-state index is -0.176. The van der Waals surface area contributed by atoms with Crippen molar-refractivity contribution in [2.24, 2.45) is 0 Å². The molecule has 0 spiro atoms. The topological polar surface area (TPSA) is 62.2 Å². The van der Waals surface area contributed by atoms with E-state index < -0.39 is 0 Å². The minimum Gasteiger partial charge on any atom is -0.337 e. The molecule has 1 saturated heterocycles. The van der Waals surface area contributed by atoms with E-state index in [4.69, 9.17) is 0 Å². The third kappa shape index (κ3) is 4.60. The highest BCUT2D eigenvalue weighted by atomic mass is 16.2. The highest BCUT2D eigenvalue weighted by molar-refractivity contribution is 5.88. The number of carbonyl (C=O) groups excluding carboxylic acids is 1. The number of aryl methyl sites for hydroxylation is 2. The summed E-state index contributed by atoms with van der Waals surface area (Å²) in [6.45, 7) is 8.67. The number of nitrogens with zero attached hydrogens (tertiary/aromatic N) is 3. The van der Waals surface area contributed by atoms with Gasteiger partial charge in [-0.2, -0.15) is 5.10 Å². The van der Waals surface area contributed by atoms with Gasteiger partial charge in [-0.25, -0.2) is 4.79 Å². The fraction of sp³-hybridized carbons (Fsp3) is 0.474. The largest absolute Gasteiger partial charge is 0.337 e. The zero-order valence-corrected chi connectivity index (χ0v) is 15.0. The predicted molar refractivity (Wildman–Crippen MR) is 99.9 cm³/mol. The molecule has 6 nitrogen and oxygen atoms in total. The third-order valence-corrected chi connectivity index (χ3v) is 4.83. The molecule has 1 fully saturated rings. The number of rotatable bonds is 6. The maximum Gasteiger partial charge on any atom is 0.319 e. The third-order valence-electron chi connectivity index (χ3n) is 4.83. The number of hydrogen-bond acceptors (Lipinski definition) is 3. The summed E-state index contributed by atoms with van der Waals surface area (Å²) in [6.07, 6.45) is 4.68. The molecule has 134 valence electrons. The van der Waals surface area contributed by atoms with Gasteiger partial charge in [-0.05, 0) is 43.9 Å². The van der Waals surface area contributed by atoms with Crippen LogP contribution in [-0.2, 0) is 6.54 Å². The van der Waals surface area contributed by atoms with Gasteiger partial charge in [0, 0.05) is 32.4 Å². The Morgan fingerprint density at radius 1 is 1.36 bits per heavy atom. The van der Waals surface area contributed by atoms with Crippen LogP contribution in [0, 0.1) is 6.92 Å². The Morgan fingerprint density at radius 2 is 2.20 bits per heavy atom. The van der Waals surface area contributed by atoms with Crippen molar-refractivity contribution in [3.05, 3.63) is 47.8 Å². The van der Waals surface area contributed by atoms with Crippen LogP contribution in [0.4, 0.5) is 10.5 Å². The van der Waals surface area contributed by atoms with Gasteiger partial charge in [-0.15, -0.1) is 0 Å². The molecule has 1 aromatic carbocycles. The number of nitrogens with one attached hydrogen (secondary N) is 2. The van der Waals surface area contributed by atoms with Crippen LogP contribution in [0.3, 0.4) is 0 Å². The smallest absolute Gasteiger partial charge is 0.319 e. The van der Waals surface area contributed by atoms with Gasteiger partial charge in [0.2, 0.25) is 0 Å². The maximum absolute atomic E-state index is 11.9. The SMILES string of the molecule is CCn1cc(NC(=O)NCCN2CC[C@@H](c3ccccc3C)C2)cn1. The van der Waals surface area contributed by atoms with Crippen molar-refractivity contribution >= 4 is 11.7 Å². The Hall–Kier alpha value is -2.34. The summed E-state index contributed by atoms with van der Waals surface area (Å²) in [5.74, 6) is 0.606. The van der Waals surface area contributed by atoms with E-state index in [1.165, 1.54) is 17.5 Å². The predicted octanol–water partition coefficient (Wildman–Crippen LogP) is 2.82. The Morgan fingerprint density at radius 3 is 2.96 bits per heavy atom. The van der Waals surface area contributed by atoms with Crippen molar-refractivity contribution in [1.29, 1.82) is 0 Å². The molecule has 2 aromatic rings. The molecule has 0 bridgehead atoms. The van der Waals surface area contributed by atoms with Crippen molar-refractivity contribution in [2.45, 2.75) is 32.7 Å². The van der Waals surface area contributed by atoms with E-state index in [1.807, 2.05) is 13.1 Å². The average molecular weight is 341 g/mol. The summed E-state index contributed by atoms with van der Waals surface area (Å²) in [7, 11) is 0. The van der Waals surface area contributed by atoms with Crippen LogP contribution in [0.2, 0.25) is 0 Å². The lowest BCUT2D eigenvalue weighted by Crippen LogP contribution is -2.36. The molecule has 1 aromatic heterocycles. The van der Waals surface area contributed by atoms with E-state index in [9.17, 15) is 4.79 Å². The zero-order valence-electron chi connectivity index (χ0n) is 15.0. The van der Waals surface area contributed by atoms with Crippen molar-refractivity contribution in [1.82, 2.24) is 20.0 Å². The lowest BCUT2D eigenvalue weighted by atomic mass is 9.94. The summed E-state index contributed by atoms with van der Waals surface area (Å²) in [5.41, 5.74) is 3.56. The van der Waals surface area contributed by atoms with Gasteiger partial charge in [0.15, 0.2) is 0 Å². The van der Waals surface area contributed by atoms with Gasteiger partial charge in [0.05, 0.1) is 11.9 Å². The molecular formula is C19H27N5O. The first-order chi connectivity index (χ1) is 12.2. The number of hydrogen-bond donors (Lipinski definition) is 2. The molecule has 1 aliphatic heterocycles. The van der Waals surface area contributed by atoms with Crippen LogP contribution in [0.1, 0.15) is 30.4 Å². The molecule has 2 N–H and O–H groups in total. The first-order valence-electron chi connectivity index (χ1n) is 9.01. The van der Waals surface area contributed by atoms with Gasteiger partial charge in [-0.3, -0.25) is 4.68 Å². The maximum atomic E-state index is 11.9. The fourth-order valence-corrected chi connectivity index (χ4v) is 3.44. The van der Waals surface area contributed by atoms with E-state index in [2.05, 4.69) is 51.8 Å². The molecule has 6 heteroatoms. The van der Waals surface area contributed by atoms with E-state index in [1.54, 1.807) is 10.9 Å². The molecule has 0 unspecified atom stereocenters. The van der Waals surface area contributed by atoms with Gasteiger partial charge >= 0.3 is 6.03 Å². The summed E-state index contributed by atoms with van der Waals surface area (Å²) in [5, 5.41) is 9.88. The van der Waals surface area contributed by atoms with Crippen LogP contribution in [0.15, 0.2) is 36.7 Å². The standard InChI is InChI=1S/C19H27N5O/c1-3-24-14-17(12-21-24)22-19(25)20-9-11-23-10-8-16(13-23)18-7-5-4-6-15(18)2/h4-7,12,14,16H,3,8-11,13H2,1-2H3,(H2,20,22,25)/t16-/m1/s1. The molecule has 0 radical (unpaired) electrons. The quantitative estimate of drug-likeness (QED) is 0.849. The number of benzene rings is 1. The second-order valence-electron chi connectivity index (χ2n) is 6.61. The number of amides is 2. The molecular weight excluding hydrogens is 314 g/mol. The second-order valence-corrected chi connectivity index (χ2v) is 6.61. The summed E-state index contributed by atoms with van der Waals surface area (Å²) in [4.78, 5) is 14.4. The second kappa shape index (κ2) is 8.16. The molecule has 3 rings (SSSR count). The van der Waals surface area contributed by atoms with Crippen LogP contribution >= 0.6 is 0 Å². The van der Waals surface area contributed by atoms with Gasteiger partial charge in [0.1, 0.15) is 0 Å². The lowest BCUT2D eigenvalue weighted by Gasteiger charge is -2.17. The van der Waals surface area contributed by atoms with Crippen LogP contribution in [0.25, 0.3) is 0 Å². The molecule has 0 saturated carbocycles. The highest BCUT2D eigenvalue weighted by Gasteiger charge is 2.24. The van der Waals surface area contributed by atoms with E-state index in [0.717, 1.165) is 31.9 Å². The number of anilines is 1.